The van der Waals surface area contributed by atoms with Crippen LogP contribution < -0.4 is 9.47 Å². The van der Waals surface area contributed by atoms with Crippen LogP contribution in [0.25, 0.3) is 0 Å². The van der Waals surface area contributed by atoms with E-state index in [0.29, 0.717) is 43.1 Å². The Morgan fingerprint density at radius 3 is 2.20 bits per heavy atom. The van der Waals surface area contributed by atoms with E-state index in [0.717, 1.165) is 24.0 Å². The number of hydrogen-bond donors (Lipinski definition) is 0. The van der Waals surface area contributed by atoms with E-state index in [1.54, 1.807) is 20.4 Å². The lowest BCUT2D eigenvalue weighted by atomic mass is 10.1. The molecule has 0 N–H and O–H groups in total. The van der Waals surface area contributed by atoms with E-state index in [1.165, 1.54) is 0 Å². The molecule has 140 valence electrons. The fourth-order valence-electron chi connectivity index (χ4n) is 2.01. The summed E-state index contributed by atoms with van der Waals surface area (Å²) in [7, 11) is 3.27. The number of aryl methyl sites for hydroxylation is 1. The van der Waals surface area contributed by atoms with Crippen LogP contribution in [-0.4, -0.2) is 45.8 Å². The lowest BCUT2D eigenvalue weighted by Gasteiger charge is -2.15. The maximum Gasteiger partial charge on any atom is 0.162 e. The van der Waals surface area contributed by atoms with Crippen LogP contribution in [0.5, 0.6) is 11.5 Å². The number of nitrogens with zero attached hydrogens (tertiary/aromatic N) is 1. The van der Waals surface area contributed by atoms with Crippen LogP contribution in [-0.2, 0) is 9.47 Å². The number of halogens is 1. The van der Waals surface area contributed by atoms with Gasteiger partial charge in [0.15, 0.2) is 11.5 Å². The van der Waals surface area contributed by atoms with Crippen LogP contribution in [0.4, 0.5) is 0 Å². The average Bonchev–Trinajstić information content (AvgIpc) is 2.60. The largest absolute Gasteiger partial charge is 0.487 e. The number of aliphatic imine (C=N–C) groups is 1. The number of unbranched alkanes of at least 4 members (excludes halogenated alkanes) is 1. The molecule has 6 heteroatoms. The first kappa shape index (κ1) is 21.5. The third kappa shape index (κ3) is 7.90. The maximum absolute atomic E-state index is 6.36. The molecule has 0 aliphatic heterocycles. The van der Waals surface area contributed by atoms with Crippen LogP contribution in [0, 0.1) is 6.92 Å². The number of allylic oxidation sites excluding steroid dienone is 1. The summed E-state index contributed by atoms with van der Waals surface area (Å²) in [4.78, 5) is 4.30. The fourth-order valence-corrected chi connectivity index (χ4v) is 2.27. The first-order chi connectivity index (χ1) is 12.1. The summed E-state index contributed by atoms with van der Waals surface area (Å²) in [6, 6.07) is 3.76. The first-order valence-corrected chi connectivity index (χ1v) is 8.78. The quantitative estimate of drug-likeness (QED) is 0.406. The van der Waals surface area contributed by atoms with Gasteiger partial charge in [-0.05, 0) is 31.0 Å². The van der Waals surface area contributed by atoms with Gasteiger partial charge in [-0.2, -0.15) is 0 Å². The predicted octanol–water partition coefficient (Wildman–Crippen LogP) is 4.34. The third-order valence-corrected chi connectivity index (χ3v) is 3.65. The van der Waals surface area contributed by atoms with Crippen molar-refractivity contribution in [3.8, 4) is 11.5 Å². The highest BCUT2D eigenvalue weighted by Crippen LogP contribution is 2.32. The maximum atomic E-state index is 6.36. The summed E-state index contributed by atoms with van der Waals surface area (Å²) in [5.41, 5.74) is 1.78. The van der Waals surface area contributed by atoms with Crippen molar-refractivity contribution < 1.29 is 18.9 Å². The van der Waals surface area contributed by atoms with Gasteiger partial charge >= 0.3 is 0 Å². The molecule has 0 aliphatic rings. The van der Waals surface area contributed by atoms with Gasteiger partial charge in [0.1, 0.15) is 18.4 Å². The van der Waals surface area contributed by atoms with Gasteiger partial charge in [0.2, 0.25) is 0 Å². The molecule has 1 rings (SSSR count). The van der Waals surface area contributed by atoms with Crippen molar-refractivity contribution >= 4 is 16.8 Å². The Labute approximate surface area is 155 Å². The molecular formula is C19H28ClNO4. The standard InChI is InChI=1S/C19H28ClNO4/c1-5-6-7-8-21-19(20)16-14-18(25-12-10-23-4)17(13-15(16)2)24-11-9-22-3/h7-8,13-14H,5-6,9-12H2,1-4H3. The summed E-state index contributed by atoms with van der Waals surface area (Å²) in [5.74, 6) is 1.26. The lowest BCUT2D eigenvalue weighted by molar-refractivity contribution is 0.132. The Balaban J connectivity index is 3.02. The van der Waals surface area contributed by atoms with Crippen molar-refractivity contribution in [3.05, 3.63) is 35.5 Å². The van der Waals surface area contributed by atoms with Crippen molar-refractivity contribution in [3.63, 3.8) is 0 Å². The second kappa shape index (κ2) is 12.8. The summed E-state index contributed by atoms with van der Waals surface area (Å²) in [5, 5.41) is 0.421. The smallest absolute Gasteiger partial charge is 0.162 e. The molecule has 1 aromatic rings. The van der Waals surface area contributed by atoms with Crippen molar-refractivity contribution in [2.45, 2.75) is 26.7 Å². The van der Waals surface area contributed by atoms with E-state index in [2.05, 4.69) is 11.9 Å². The predicted molar refractivity (Wildman–Crippen MR) is 102 cm³/mol. The Morgan fingerprint density at radius 2 is 1.64 bits per heavy atom. The molecule has 0 atom stereocenters. The zero-order chi connectivity index (χ0) is 18.5. The molecule has 0 saturated carbocycles. The molecule has 5 nitrogen and oxygen atoms in total. The van der Waals surface area contributed by atoms with E-state index in [1.807, 2.05) is 25.1 Å². The van der Waals surface area contributed by atoms with Gasteiger partial charge in [-0.3, -0.25) is 0 Å². The molecule has 0 heterocycles. The highest BCUT2D eigenvalue weighted by atomic mass is 35.5. The molecule has 25 heavy (non-hydrogen) atoms. The molecule has 0 radical (unpaired) electrons. The molecule has 0 aromatic heterocycles. The first-order valence-electron chi connectivity index (χ1n) is 8.40. The molecule has 0 unspecified atom stereocenters. The number of rotatable bonds is 12. The lowest BCUT2D eigenvalue weighted by Crippen LogP contribution is -2.10. The van der Waals surface area contributed by atoms with E-state index < -0.39 is 0 Å². The Kier molecular flexibility index (Phi) is 11.0. The topological polar surface area (TPSA) is 49.3 Å². The summed E-state index contributed by atoms with van der Waals surface area (Å²) in [6.07, 6.45) is 5.79. The second-order valence-corrected chi connectivity index (χ2v) is 5.75. The monoisotopic (exact) mass is 369 g/mol. The van der Waals surface area contributed by atoms with Crippen molar-refractivity contribution in [2.24, 2.45) is 4.99 Å². The molecule has 1 aromatic carbocycles. The van der Waals surface area contributed by atoms with E-state index in [-0.39, 0.29) is 0 Å². The molecule has 0 fully saturated rings. The van der Waals surface area contributed by atoms with E-state index in [9.17, 15) is 0 Å². The minimum absolute atomic E-state index is 0.421. The fraction of sp³-hybridized carbons (Fsp3) is 0.526. The Hall–Kier alpha value is -1.56. The molecule has 0 aliphatic carbocycles. The zero-order valence-electron chi connectivity index (χ0n) is 15.5. The Bertz CT molecular complexity index is 573. The van der Waals surface area contributed by atoms with Gasteiger partial charge in [-0.15, -0.1) is 0 Å². The minimum atomic E-state index is 0.421. The van der Waals surface area contributed by atoms with Gasteiger partial charge in [0.25, 0.3) is 0 Å². The average molecular weight is 370 g/mol. The number of benzene rings is 1. The highest BCUT2D eigenvalue weighted by molar-refractivity contribution is 6.69. The van der Waals surface area contributed by atoms with Crippen LogP contribution in [0.1, 0.15) is 30.9 Å². The highest BCUT2D eigenvalue weighted by Gasteiger charge is 2.13. The molecule has 0 amide bonds. The van der Waals surface area contributed by atoms with E-state index in [4.69, 9.17) is 30.5 Å². The van der Waals surface area contributed by atoms with Crippen molar-refractivity contribution in [2.75, 3.05) is 40.6 Å². The van der Waals surface area contributed by atoms with Gasteiger partial charge in [-0.1, -0.05) is 31.0 Å². The van der Waals surface area contributed by atoms with Gasteiger partial charge in [0.05, 0.1) is 13.2 Å². The second-order valence-electron chi connectivity index (χ2n) is 5.39. The minimum Gasteiger partial charge on any atom is -0.487 e. The van der Waals surface area contributed by atoms with Crippen LogP contribution in [0.3, 0.4) is 0 Å². The summed E-state index contributed by atoms with van der Waals surface area (Å²) < 4.78 is 21.6. The molecule has 0 spiro atoms. The molecule has 0 bridgehead atoms. The van der Waals surface area contributed by atoms with Gasteiger partial charge < -0.3 is 18.9 Å². The summed E-state index contributed by atoms with van der Waals surface area (Å²) >= 11 is 6.36. The normalized spacial score (nSPS) is 12.0. The van der Waals surface area contributed by atoms with Crippen molar-refractivity contribution in [1.82, 2.24) is 0 Å². The van der Waals surface area contributed by atoms with Crippen molar-refractivity contribution in [1.29, 1.82) is 0 Å². The number of ether oxygens (including phenoxy) is 4. The summed E-state index contributed by atoms with van der Waals surface area (Å²) in [6.45, 7) is 5.93. The molecular weight excluding hydrogens is 342 g/mol. The number of methoxy groups -OCH3 is 2. The van der Waals surface area contributed by atoms with Gasteiger partial charge in [-0.25, -0.2) is 4.99 Å². The number of hydrogen-bond acceptors (Lipinski definition) is 5. The molecule has 0 saturated heterocycles. The van der Waals surface area contributed by atoms with E-state index >= 15 is 0 Å². The zero-order valence-corrected chi connectivity index (χ0v) is 16.3. The SMILES string of the molecule is CCCC=CN=C(Cl)c1cc(OCCOC)c(OCCOC)cc1C. The van der Waals surface area contributed by atoms with Gasteiger partial charge in [0, 0.05) is 26.0 Å². The third-order valence-electron chi connectivity index (χ3n) is 3.35. The van der Waals surface area contributed by atoms with Crippen LogP contribution in [0.2, 0.25) is 0 Å². The van der Waals surface area contributed by atoms with Crippen LogP contribution in [0.15, 0.2) is 29.4 Å². The van der Waals surface area contributed by atoms with Crippen LogP contribution >= 0.6 is 11.6 Å². The Morgan fingerprint density at radius 1 is 1.04 bits per heavy atom.